The van der Waals surface area contributed by atoms with Gasteiger partial charge in [0.2, 0.25) is 0 Å². The van der Waals surface area contributed by atoms with E-state index in [0.717, 1.165) is 19.4 Å². The van der Waals surface area contributed by atoms with Crippen molar-refractivity contribution in [2.75, 3.05) is 7.05 Å². The van der Waals surface area contributed by atoms with E-state index >= 15 is 0 Å². The third kappa shape index (κ3) is 3.22. The molecule has 1 heterocycles. The van der Waals surface area contributed by atoms with E-state index in [1.54, 1.807) is 5.57 Å². The highest BCUT2D eigenvalue weighted by molar-refractivity contribution is 5.14. The smallest absolute Gasteiger partial charge is 0.0556 e. The van der Waals surface area contributed by atoms with E-state index in [1.165, 1.54) is 31.4 Å². The lowest BCUT2D eigenvalue weighted by Crippen LogP contribution is -2.21. The van der Waals surface area contributed by atoms with Crippen molar-refractivity contribution in [1.29, 1.82) is 0 Å². The zero-order chi connectivity index (χ0) is 12.8. The predicted octanol–water partition coefficient (Wildman–Crippen LogP) is 3.44. The molecule has 1 unspecified atom stereocenters. The van der Waals surface area contributed by atoms with Crippen molar-refractivity contribution in [3.8, 4) is 0 Å². The molecule has 0 spiro atoms. The number of allylic oxidation sites excluding steroid dienone is 1. The molecule has 1 aromatic rings. The van der Waals surface area contributed by atoms with Crippen LogP contribution in [0.1, 0.15) is 57.2 Å². The quantitative estimate of drug-likeness (QED) is 0.780. The number of rotatable bonds is 6. The van der Waals surface area contributed by atoms with Crippen LogP contribution in [0.15, 0.2) is 23.9 Å². The summed E-state index contributed by atoms with van der Waals surface area (Å²) in [6, 6.07) is 2.56. The predicted molar refractivity (Wildman–Crippen MR) is 75.5 cm³/mol. The summed E-state index contributed by atoms with van der Waals surface area (Å²) in [7, 11) is 2.05. The summed E-state index contributed by atoms with van der Waals surface area (Å²) in [5, 5.41) is 7.87. The topological polar surface area (TPSA) is 29.9 Å². The van der Waals surface area contributed by atoms with Crippen LogP contribution in [-0.4, -0.2) is 16.8 Å². The molecule has 0 bridgehead atoms. The van der Waals surface area contributed by atoms with Gasteiger partial charge >= 0.3 is 0 Å². The maximum Gasteiger partial charge on any atom is 0.0556 e. The van der Waals surface area contributed by atoms with E-state index in [1.807, 2.05) is 6.20 Å². The zero-order valence-electron chi connectivity index (χ0n) is 11.7. The third-order valence-electron chi connectivity index (χ3n) is 3.74. The lowest BCUT2D eigenvalue weighted by molar-refractivity contribution is 0.486. The minimum Gasteiger partial charge on any atom is -0.311 e. The minimum absolute atomic E-state index is 0.406. The second-order valence-corrected chi connectivity index (χ2v) is 5.13. The van der Waals surface area contributed by atoms with Crippen LogP contribution in [0.3, 0.4) is 0 Å². The first-order chi connectivity index (χ1) is 8.85. The van der Waals surface area contributed by atoms with E-state index in [9.17, 15) is 0 Å². The van der Waals surface area contributed by atoms with Crippen molar-refractivity contribution in [3.63, 3.8) is 0 Å². The lowest BCUT2D eigenvalue weighted by Gasteiger charge is -2.21. The fraction of sp³-hybridized carbons (Fsp3) is 0.667. The van der Waals surface area contributed by atoms with Gasteiger partial charge in [-0.2, -0.15) is 5.10 Å². The molecule has 3 nitrogen and oxygen atoms in total. The number of aromatic nitrogens is 2. The Hall–Kier alpha value is -1.09. The van der Waals surface area contributed by atoms with E-state index in [2.05, 4.69) is 41.2 Å². The Morgan fingerprint density at radius 1 is 1.44 bits per heavy atom. The van der Waals surface area contributed by atoms with Crippen LogP contribution in [0.5, 0.6) is 0 Å². The summed E-state index contributed by atoms with van der Waals surface area (Å²) >= 11 is 0. The van der Waals surface area contributed by atoms with Gasteiger partial charge < -0.3 is 5.32 Å². The molecule has 2 rings (SSSR count). The van der Waals surface area contributed by atoms with Crippen LogP contribution in [0, 0.1) is 0 Å². The first kappa shape index (κ1) is 13.3. The number of nitrogens with zero attached hydrogens (tertiary/aromatic N) is 2. The van der Waals surface area contributed by atoms with Gasteiger partial charge in [-0.05, 0) is 51.6 Å². The number of aryl methyl sites for hydroxylation is 1. The average molecular weight is 247 g/mol. The van der Waals surface area contributed by atoms with Gasteiger partial charge in [0.05, 0.1) is 11.7 Å². The third-order valence-corrected chi connectivity index (χ3v) is 3.74. The molecule has 0 aliphatic heterocycles. The standard InChI is InChI=1S/C15H25N3/c1-3-11-18-15(9-10-17-18)14(16-2)12-13-7-5-4-6-8-13/h7,9-10,14,16H,3-6,8,11-12H2,1-2H3. The van der Waals surface area contributed by atoms with Gasteiger partial charge in [0.15, 0.2) is 0 Å². The summed E-state index contributed by atoms with van der Waals surface area (Å²) in [5.41, 5.74) is 2.94. The second-order valence-electron chi connectivity index (χ2n) is 5.13. The van der Waals surface area contributed by atoms with Crippen molar-refractivity contribution in [2.45, 2.75) is 58.0 Å². The highest BCUT2D eigenvalue weighted by Crippen LogP contribution is 2.27. The van der Waals surface area contributed by atoms with Crippen LogP contribution in [0.2, 0.25) is 0 Å². The largest absolute Gasteiger partial charge is 0.311 e. The average Bonchev–Trinajstić information content (AvgIpc) is 2.86. The SMILES string of the molecule is CCCn1nccc1C(CC1=CCCCC1)NC. The first-order valence-corrected chi connectivity index (χ1v) is 7.22. The van der Waals surface area contributed by atoms with Gasteiger partial charge in [-0.1, -0.05) is 18.6 Å². The van der Waals surface area contributed by atoms with Crippen molar-refractivity contribution in [3.05, 3.63) is 29.6 Å². The molecule has 0 saturated carbocycles. The molecule has 1 aliphatic rings. The normalized spacial score (nSPS) is 17.6. The molecule has 100 valence electrons. The van der Waals surface area contributed by atoms with Gasteiger partial charge in [-0.25, -0.2) is 0 Å². The molecule has 0 amide bonds. The maximum atomic E-state index is 4.43. The lowest BCUT2D eigenvalue weighted by atomic mass is 9.93. The molecule has 1 N–H and O–H groups in total. The molecule has 0 radical (unpaired) electrons. The van der Waals surface area contributed by atoms with Crippen molar-refractivity contribution in [1.82, 2.24) is 15.1 Å². The second kappa shape index (κ2) is 6.74. The summed E-state index contributed by atoms with van der Waals surface area (Å²) < 4.78 is 2.14. The van der Waals surface area contributed by atoms with E-state index in [-0.39, 0.29) is 0 Å². The highest BCUT2D eigenvalue weighted by Gasteiger charge is 2.16. The zero-order valence-corrected chi connectivity index (χ0v) is 11.7. The van der Waals surface area contributed by atoms with Crippen LogP contribution in [-0.2, 0) is 6.54 Å². The molecule has 18 heavy (non-hydrogen) atoms. The summed E-state index contributed by atoms with van der Waals surface area (Å²) in [6.45, 7) is 3.21. The van der Waals surface area contributed by atoms with Crippen LogP contribution < -0.4 is 5.32 Å². The summed E-state index contributed by atoms with van der Waals surface area (Å²) in [5.74, 6) is 0. The fourth-order valence-electron chi connectivity index (χ4n) is 2.74. The number of hydrogen-bond donors (Lipinski definition) is 1. The first-order valence-electron chi connectivity index (χ1n) is 7.22. The van der Waals surface area contributed by atoms with E-state index in [4.69, 9.17) is 0 Å². The number of nitrogens with one attached hydrogen (secondary N) is 1. The van der Waals surface area contributed by atoms with Crippen LogP contribution in [0.25, 0.3) is 0 Å². The molecule has 1 aliphatic carbocycles. The molecular formula is C15H25N3. The van der Waals surface area contributed by atoms with E-state index in [0.29, 0.717) is 6.04 Å². The monoisotopic (exact) mass is 247 g/mol. The fourth-order valence-corrected chi connectivity index (χ4v) is 2.74. The van der Waals surface area contributed by atoms with Crippen LogP contribution in [0.4, 0.5) is 0 Å². The molecule has 0 fully saturated rings. The van der Waals surface area contributed by atoms with Crippen molar-refractivity contribution in [2.24, 2.45) is 0 Å². The minimum atomic E-state index is 0.406. The van der Waals surface area contributed by atoms with Crippen molar-refractivity contribution >= 4 is 0 Å². The van der Waals surface area contributed by atoms with Gasteiger partial charge in [0.25, 0.3) is 0 Å². The highest BCUT2D eigenvalue weighted by atomic mass is 15.3. The molecule has 1 aromatic heterocycles. The van der Waals surface area contributed by atoms with Crippen molar-refractivity contribution < 1.29 is 0 Å². The molecule has 1 atom stereocenters. The van der Waals surface area contributed by atoms with Gasteiger partial charge in [-0.15, -0.1) is 0 Å². The molecular weight excluding hydrogens is 222 g/mol. The molecule has 3 heteroatoms. The Kier molecular flexibility index (Phi) is 5.00. The molecule has 0 aromatic carbocycles. The Bertz CT molecular complexity index is 392. The maximum absolute atomic E-state index is 4.43. The van der Waals surface area contributed by atoms with Gasteiger partial charge in [-0.3, -0.25) is 4.68 Å². The Morgan fingerprint density at radius 3 is 3.00 bits per heavy atom. The Balaban J connectivity index is 2.07. The van der Waals surface area contributed by atoms with Gasteiger partial charge in [0.1, 0.15) is 0 Å². The number of hydrogen-bond acceptors (Lipinski definition) is 2. The van der Waals surface area contributed by atoms with Gasteiger partial charge in [0, 0.05) is 12.7 Å². The molecule has 0 saturated heterocycles. The Labute approximate surface area is 110 Å². The van der Waals surface area contributed by atoms with Crippen LogP contribution >= 0.6 is 0 Å². The Morgan fingerprint density at radius 2 is 2.33 bits per heavy atom. The van der Waals surface area contributed by atoms with E-state index < -0.39 is 0 Å². The summed E-state index contributed by atoms with van der Waals surface area (Å²) in [4.78, 5) is 0. The summed E-state index contributed by atoms with van der Waals surface area (Å²) in [6.07, 6.45) is 11.9.